The maximum Gasteiger partial charge on any atom is 0.342 e. The Hall–Kier alpha value is -3.47. The Morgan fingerprint density at radius 1 is 1.10 bits per heavy atom. The van der Waals surface area contributed by atoms with Crippen LogP contribution >= 0.6 is 0 Å². The van der Waals surface area contributed by atoms with Crippen molar-refractivity contribution in [3.8, 4) is 0 Å². The molecule has 1 saturated carbocycles. The van der Waals surface area contributed by atoms with Crippen molar-refractivity contribution in [1.29, 1.82) is 0 Å². The molecule has 0 saturated heterocycles. The molecule has 2 bridgehead atoms. The molecule has 3 aliphatic rings. The van der Waals surface area contributed by atoms with E-state index in [0.29, 0.717) is 5.90 Å². The minimum absolute atomic E-state index is 0.000604. The molecule has 148 valence electrons. The Kier molecular flexibility index (Phi) is 3.49. The maximum atomic E-state index is 13.4. The average Bonchev–Trinajstić information content (AvgIpc) is 3.51. The van der Waals surface area contributed by atoms with Gasteiger partial charge in [0.15, 0.2) is 5.54 Å². The first-order valence-corrected chi connectivity index (χ1v) is 10.3. The number of nitrogens with zero attached hydrogens (tertiary/aromatic N) is 2. The van der Waals surface area contributed by atoms with Crippen LogP contribution in [0.15, 0.2) is 77.9 Å². The van der Waals surface area contributed by atoms with E-state index in [-0.39, 0.29) is 29.6 Å². The monoisotopic (exact) mass is 396 g/mol. The summed E-state index contributed by atoms with van der Waals surface area (Å²) in [5.74, 6) is 0.0809. The molecule has 0 unspecified atom stereocenters. The number of ether oxygens (including phenoxy) is 1. The summed E-state index contributed by atoms with van der Waals surface area (Å²) >= 11 is 0. The molecule has 1 aliphatic heterocycles. The van der Waals surface area contributed by atoms with E-state index >= 15 is 0 Å². The van der Waals surface area contributed by atoms with Crippen LogP contribution in [0.25, 0.3) is 10.9 Å². The summed E-state index contributed by atoms with van der Waals surface area (Å²) in [5, 5.41) is 0.995. The zero-order valence-electron chi connectivity index (χ0n) is 16.5. The fraction of sp³-hybridized carbons (Fsp3) is 0.240. The summed E-state index contributed by atoms with van der Waals surface area (Å²) < 4.78 is 7.44. The fourth-order valence-electron chi connectivity index (χ4n) is 5.58. The van der Waals surface area contributed by atoms with Crippen LogP contribution in [0.5, 0.6) is 0 Å². The minimum Gasteiger partial charge on any atom is -0.405 e. The van der Waals surface area contributed by atoms with Gasteiger partial charge in [-0.1, -0.05) is 48.6 Å². The summed E-state index contributed by atoms with van der Waals surface area (Å²) in [7, 11) is 0. The van der Waals surface area contributed by atoms with Crippen molar-refractivity contribution in [3.05, 3.63) is 84.1 Å². The van der Waals surface area contributed by atoms with E-state index in [1.807, 2.05) is 60.8 Å². The number of hydrogen-bond donors (Lipinski definition) is 0. The number of fused-ring (bicyclic) bond motifs is 4. The lowest BCUT2D eigenvalue weighted by atomic mass is 9.72. The fourth-order valence-corrected chi connectivity index (χ4v) is 5.58. The SMILES string of the molecule is CC(=O)n1cc([C@@H]2[C@H]3C=C[C@H](C3)[C@]23N=C(c2ccccc2)OC3=O)c2ccccc21. The Morgan fingerprint density at radius 3 is 2.67 bits per heavy atom. The highest BCUT2D eigenvalue weighted by Gasteiger charge is 2.65. The van der Waals surface area contributed by atoms with Crippen LogP contribution in [0, 0.1) is 11.8 Å². The standard InChI is InChI=1S/C25H20N2O3/c1-15(28)27-14-20(19-9-5-6-10-21(19)27)22-17-11-12-18(13-17)25(22)24(29)30-23(26-25)16-7-3-2-4-8-16/h2-12,14,17-18,22H,13H2,1H3/t17-,18+,22-,25-/m0/s1. The van der Waals surface area contributed by atoms with Crippen molar-refractivity contribution < 1.29 is 14.3 Å². The van der Waals surface area contributed by atoms with Crippen LogP contribution in [-0.2, 0) is 9.53 Å². The predicted octanol–water partition coefficient (Wildman–Crippen LogP) is 4.33. The number of esters is 1. The number of rotatable bonds is 2. The summed E-state index contributed by atoms with van der Waals surface area (Å²) in [6.45, 7) is 1.56. The van der Waals surface area contributed by atoms with Crippen molar-refractivity contribution in [3.63, 3.8) is 0 Å². The van der Waals surface area contributed by atoms with Crippen LogP contribution in [0.3, 0.4) is 0 Å². The molecule has 0 N–H and O–H groups in total. The highest BCUT2D eigenvalue weighted by Crippen LogP contribution is 2.60. The van der Waals surface area contributed by atoms with Gasteiger partial charge < -0.3 is 4.74 Å². The molecular weight excluding hydrogens is 376 g/mol. The molecule has 1 aromatic heterocycles. The number of benzene rings is 2. The van der Waals surface area contributed by atoms with Crippen molar-refractivity contribution in [2.75, 3.05) is 0 Å². The number of aromatic nitrogens is 1. The third-order valence-corrected chi connectivity index (χ3v) is 6.83. The molecule has 2 aromatic carbocycles. The molecule has 2 heterocycles. The number of aliphatic imine (C=N–C) groups is 1. The van der Waals surface area contributed by atoms with E-state index in [4.69, 9.17) is 9.73 Å². The lowest BCUT2D eigenvalue weighted by molar-refractivity contribution is -0.140. The van der Waals surface area contributed by atoms with Gasteiger partial charge in [-0.15, -0.1) is 0 Å². The molecule has 4 atom stereocenters. The highest BCUT2D eigenvalue weighted by atomic mass is 16.6. The average molecular weight is 396 g/mol. The lowest BCUT2D eigenvalue weighted by Crippen LogP contribution is -2.44. The Morgan fingerprint density at radius 2 is 1.87 bits per heavy atom. The quantitative estimate of drug-likeness (QED) is 0.478. The molecule has 3 aromatic rings. The highest BCUT2D eigenvalue weighted by molar-refractivity contribution is 6.09. The van der Waals surface area contributed by atoms with Gasteiger partial charge in [0, 0.05) is 35.9 Å². The van der Waals surface area contributed by atoms with Crippen LogP contribution in [0.1, 0.15) is 35.2 Å². The van der Waals surface area contributed by atoms with Crippen molar-refractivity contribution in [1.82, 2.24) is 4.57 Å². The van der Waals surface area contributed by atoms with Crippen LogP contribution in [0.4, 0.5) is 0 Å². The van der Waals surface area contributed by atoms with Gasteiger partial charge in [0.05, 0.1) is 5.52 Å². The predicted molar refractivity (Wildman–Crippen MR) is 114 cm³/mol. The van der Waals surface area contributed by atoms with Gasteiger partial charge in [0.25, 0.3) is 0 Å². The van der Waals surface area contributed by atoms with E-state index < -0.39 is 5.54 Å². The van der Waals surface area contributed by atoms with Crippen molar-refractivity contribution in [2.45, 2.75) is 24.8 Å². The third-order valence-electron chi connectivity index (χ3n) is 6.83. The molecule has 2 aliphatic carbocycles. The Labute approximate surface area is 173 Å². The molecule has 30 heavy (non-hydrogen) atoms. The van der Waals surface area contributed by atoms with Crippen LogP contribution < -0.4 is 0 Å². The first-order valence-electron chi connectivity index (χ1n) is 10.3. The lowest BCUT2D eigenvalue weighted by Gasteiger charge is -2.32. The normalized spacial score (nSPS) is 29.0. The zero-order chi connectivity index (χ0) is 20.5. The van der Waals surface area contributed by atoms with Crippen molar-refractivity contribution in [2.24, 2.45) is 16.8 Å². The topological polar surface area (TPSA) is 60.7 Å². The number of cyclic esters (lactones) is 1. The molecular formula is C25H20N2O3. The molecule has 1 spiro atoms. The van der Waals surface area contributed by atoms with Crippen molar-refractivity contribution >= 4 is 28.7 Å². The molecule has 1 fully saturated rings. The molecule has 5 heteroatoms. The molecule has 0 amide bonds. The summed E-state index contributed by atoms with van der Waals surface area (Å²) in [6, 6.07) is 17.4. The minimum atomic E-state index is -0.976. The van der Waals surface area contributed by atoms with E-state index in [0.717, 1.165) is 28.5 Å². The van der Waals surface area contributed by atoms with Crippen LogP contribution in [-0.4, -0.2) is 27.9 Å². The first-order chi connectivity index (χ1) is 14.6. The Bertz CT molecular complexity index is 1270. The zero-order valence-corrected chi connectivity index (χ0v) is 16.5. The second-order valence-electron chi connectivity index (χ2n) is 8.36. The molecule has 0 radical (unpaired) electrons. The van der Waals surface area contributed by atoms with E-state index in [2.05, 4.69) is 12.2 Å². The number of para-hydroxylation sites is 1. The smallest absolute Gasteiger partial charge is 0.342 e. The van der Waals surface area contributed by atoms with Gasteiger partial charge in [-0.2, -0.15) is 0 Å². The van der Waals surface area contributed by atoms with Crippen LogP contribution in [0.2, 0.25) is 0 Å². The maximum absolute atomic E-state index is 13.4. The summed E-state index contributed by atoms with van der Waals surface area (Å²) in [6.07, 6.45) is 7.08. The van der Waals surface area contributed by atoms with E-state index in [9.17, 15) is 9.59 Å². The van der Waals surface area contributed by atoms with E-state index in [1.165, 1.54) is 0 Å². The number of carbonyl (C=O) groups excluding carboxylic acids is 2. The van der Waals surface area contributed by atoms with Gasteiger partial charge >= 0.3 is 5.97 Å². The largest absolute Gasteiger partial charge is 0.405 e. The van der Waals surface area contributed by atoms with Gasteiger partial charge in [-0.3, -0.25) is 9.36 Å². The number of hydrogen-bond acceptors (Lipinski definition) is 4. The second kappa shape index (κ2) is 6.02. The summed E-state index contributed by atoms with van der Waals surface area (Å²) in [5.41, 5.74) is 1.68. The van der Waals surface area contributed by atoms with Gasteiger partial charge in [-0.05, 0) is 36.1 Å². The summed E-state index contributed by atoms with van der Waals surface area (Å²) in [4.78, 5) is 30.7. The third kappa shape index (κ3) is 2.15. The number of allylic oxidation sites excluding steroid dienone is 1. The first kappa shape index (κ1) is 17.4. The molecule has 5 nitrogen and oxygen atoms in total. The van der Waals surface area contributed by atoms with Gasteiger partial charge in [-0.25, -0.2) is 9.79 Å². The van der Waals surface area contributed by atoms with E-state index in [1.54, 1.807) is 11.5 Å². The molecule has 6 rings (SSSR count). The van der Waals surface area contributed by atoms with Gasteiger partial charge in [0.1, 0.15) is 0 Å². The van der Waals surface area contributed by atoms with Gasteiger partial charge in [0.2, 0.25) is 11.8 Å². The number of carbonyl (C=O) groups is 2. The Balaban J connectivity index is 1.57. The second-order valence-corrected chi connectivity index (χ2v) is 8.36.